The van der Waals surface area contributed by atoms with Gasteiger partial charge in [0.1, 0.15) is 5.75 Å². The zero-order valence-corrected chi connectivity index (χ0v) is 16.7. The number of carboxylic acid groups (broad SMARTS) is 1. The first-order valence-corrected chi connectivity index (χ1v) is 9.19. The van der Waals surface area contributed by atoms with Crippen LogP contribution in [-0.4, -0.2) is 43.5 Å². The minimum Gasteiger partial charge on any atom is -0.497 e. The van der Waals surface area contributed by atoms with Crippen molar-refractivity contribution in [3.8, 4) is 17.2 Å². The Bertz CT molecular complexity index is 1010. The molecule has 1 heterocycles. The van der Waals surface area contributed by atoms with Crippen LogP contribution in [0.15, 0.2) is 46.3 Å². The molecule has 2 aromatic rings. The number of aromatic carboxylic acids is 1. The van der Waals surface area contributed by atoms with Gasteiger partial charge in [0.15, 0.2) is 16.7 Å². The average Bonchev–Trinajstić information content (AvgIpc) is 3.06. The van der Waals surface area contributed by atoms with E-state index in [1.54, 1.807) is 25.3 Å². The molecular formula is C20H18N2O6S. The Labute approximate surface area is 171 Å². The van der Waals surface area contributed by atoms with E-state index in [0.29, 0.717) is 16.4 Å². The zero-order valence-electron chi connectivity index (χ0n) is 15.9. The number of benzene rings is 2. The molecule has 1 aliphatic heterocycles. The van der Waals surface area contributed by atoms with Crippen molar-refractivity contribution in [2.24, 2.45) is 4.99 Å². The molecule has 0 radical (unpaired) electrons. The summed E-state index contributed by atoms with van der Waals surface area (Å²) in [5, 5.41) is 12.4. The van der Waals surface area contributed by atoms with Crippen molar-refractivity contribution >= 4 is 40.6 Å². The van der Waals surface area contributed by atoms with Crippen molar-refractivity contribution in [2.75, 3.05) is 21.3 Å². The molecule has 1 aliphatic rings. The lowest BCUT2D eigenvalue weighted by atomic mass is 10.1. The van der Waals surface area contributed by atoms with Crippen molar-refractivity contribution in [3.05, 3.63) is 52.4 Å². The highest BCUT2D eigenvalue weighted by molar-refractivity contribution is 8.18. The summed E-state index contributed by atoms with van der Waals surface area (Å²) < 4.78 is 15.5. The van der Waals surface area contributed by atoms with Gasteiger partial charge in [-0.1, -0.05) is 12.1 Å². The fourth-order valence-corrected chi connectivity index (χ4v) is 3.41. The molecule has 8 nitrogen and oxygen atoms in total. The number of carboxylic acids is 1. The Morgan fingerprint density at radius 3 is 2.31 bits per heavy atom. The van der Waals surface area contributed by atoms with Crippen LogP contribution in [0.5, 0.6) is 17.2 Å². The minimum absolute atomic E-state index is 0.0717. The molecule has 150 valence electrons. The Kier molecular flexibility index (Phi) is 6.08. The van der Waals surface area contributed by atoms with Gasteiger partial charge >= 0.3 is 5.97 Å². The van der Waals surface area contributed by atoms with E-state index in [-0.39, 0.29) is 28.1 Å². The van der Waals surface area contributed by atoms with E-state index in [0.717, 1.165) is 17.3 Å². The molecule has 1 amide bonds. The molecule has 0 atom stereocenters. The number of nitrogens with one attached hydrogen (secondary N) is 1. The smallest absolute Gasteiger partial charge is 0.338 e. The molecule has 0 aromatic heterocycles. The van der Waals surface area contributed by atoms with Crippen LogP contribution in [0.3, 0.4) is 0 Å². The van der Waals surface area contributed by atoms with Crippen LogP contribution in [0.4, 0.5) is 5.69 Å². The van der Waals surface area contributed by atoms with E-state index in [1.165, 1.54) is 26.4 Å². The Hall–Kier alpha value is -3.46. The van der Waals surface area contributed by atoms with Crippen molar-refractivity contribution < 1.29 is 28.9 Å². The number of rotatable bonds is 6. The number of amidine groups is 1. The van der Waals surface area contributed by atoms with E-state index in [9.17, 15) is 14.7 Å². The van der Waals surface area contributed by atoms with Crippen molar-refractivity contribution in [1.82, 2.24) is 5.32 Å². The number of hydrogen-bond donors (Lipinski definition) is 2. The molecule has 29 heavy (non-hydrogen) atoms. The summed E-state index contributed by atoms with van der Waals surface area (Å²) >= 11 is 1.12. The predicted octanol–water partition coefficient (Wildman–Crippen LogP) is 3.30. The third-order valence-electron chi connectivity index (χ3n) is 4.02. The number of amides is 1. The Morgan fingerprint density at radius 1 is 1.07 bits per heavy atom. The molecule has 2 N–H and O–H groups in total. The van der Waals surface area contributed by atoms with Gasteiger partial charge in [0.25, 0.3) is 5.91 Å². The van der Waals surface area contributed by atoms with Crippen molar-refractivity contribution in [1.29, 1.82) is 0 Å². The maximum atomic E-state index is 12.3. The van der Waals surface area contributed by atoms with Crippen LogP contribution in [0.1, 0.15) is 15.9 Å². The normalized spacial score (nSPS) is 16.0. The number of nitrogens with zero attached hydrogens (tertiary/aromatic N) is 1. The maximum Gasteiger partial charge on any atom is 0.338 e. The lowest BCUT2D eigenvalue weighted by Crippen LogP contribution is -2.19. The quantitative estimate of drug-likeness (QED) is 0.699. The van der Waals surface area contributed by atoms with Gasteiger partial charge in [0, 0.05) is 12.1 Å². The van der Waals surface area contributed by atoms with Crippen LogP contribution in [0, 0.1) is 0 Å². The summed E-state index contributed by atoms with van der Waals surface area (Å²) in [6.45, 7) is 0. The van der Waals surface area contributed by atoms with E-state index < -0.39 is 5.97 Å². The van der Waals surface area contributed by atoms with Crippen LogP contribution >= 0.6 is 11.8 Å². The van der Waals surface area contributed by atoms with Crippen LogP contribution in [-0.2, 0) is 4.79 Å². The first-order valence-electron chi connectivity index (χ1n) is 8.38. The number of hydrogen-bond acceptors (Lipinski definition) is 7. The fourth-order valence-electron chi connectivity index (χ4n) is 2.57. The predicted molar refractivity (Wildman–Crippen MR) is 110 cm³/mol. The number of ether oxygens (including phenoxy) is 3. The summed E-state index contributed by atoms with van der Waals surface area (Å²) in [4.78, 5) is 28.6. The second kappa shape index (κ2) is 8.70. The molecule has 0 saturated carbocycles. The van der Waals surface area contributed by atoms with Gasteiger partial charge in [-0.15, -0.1) is 0 Å². The highest BCUT2D eigenvalue weighted by Crippen LogP contribution is 2.36. The molecule has 3 rings (SSSR count). The molecule has 0 spiro atoms. The minimum atomic E-state index is -1.17. The zero-order chi connectivity index (χ0) is 21.0. The average molecular weight is 414 g/mol. The topological polar surface area (TPSA) is 106 Å². The Balaban J connectivity index is 1.92. The molecule has 0 aliphatic carbocycles. The van der Waals surface area contributed by atoms with Crippen LogP contribution in [0.25, 0.3) is 6.08 Å². The third kappa shape index (κ3) is 4.52. The van der Waals surface area contributed by atoms with Crippen molar-refractivity contribution in [3.63, 3.8) is 0 Å². The van der Waals surface area contributed by atoms with Gasteiger partial charge in [-0.3, -0.25) is 4.79 Å². The van der Waals surface area contributed by atoms with Gasteiger partial charge in [0.2, 0.25) is 0 Å². The number of carbonyl (C=O) groups excluding carboxylic acids is 1. The lowest BCUT2D eigenvalue weighted by molar-refractivity contribution is -0.115. The number of thioether (sulfide) groups is 1. The number of carbonyl (C=O) groups is 2. The van der Waals surface area contributed by atoms with E-state index in [4.69, 9.17) is 14.2 Å². The van der Waals surface area contributed by atoms with Gasteiger partial charge < -0.3 is 24.6 Å². The first-order chi connectivity index (χ1) is 13.9. The third-order valence-corrected chi connectivity index (χ3v) is 4.93. The first kappa shape index (κ1) is 20.3. The molecule has 1 saturated heterocycles. The van der Waals surface area contributed by atoms with E-state index in [1.807, 2.05) is 12.1 Å². The number of aliphatic imine (C=N–C) groups is 1. The molecule has 9 heteroatoms. The molecular weight excluding hydrogens is 396 g/mol. The number of methoxy groups -OCH3 is 3. The highest BCUT2D eigenvalue weighted by atomic mass is 32.2. The molecule has 2 aromatic carbocycles. The largest absolute Gasteiger partial charge is 0.497 e. The lowest BCUT2D eigenvalue weighted by Gasteiger charge is -2.10. The summed E-state index contributed by atoms with van der Waals surface area (Å²) in [6.07, 6.45) is 1.72. The molecule has 1 fully saturated rings. The maximum absolute atomic E-state index is 12.3. The monoisotopic (exact) mass is 414 g/mol. The second-order valence-electron chi connectivity index (χ2n) is 5.78. The van der Waals surface area contributed by atoms with Gasteiger partial charge in [-0.05, 0) is 35.5 Å². The summed E-state index contributed by atoms with van der Waals surface area (Å²) in [7, 11) is 4.44. The summed E-state index contributed by atoms with van der Waals surface area (Å²) in [5.41, 5.74) is 0.892. The molecule has 0 bridgehead atoms. The van der Waals surface area contributed by atoms with Gasteiger partial charge in [0.05, 0.1) is 37.5 Å². The standard InChI is InChI=1S/C20H18N2O6S/c1-26-12-6-4-11(5-7-12)8-17-18(23)22-20(29-17)21-14-10-16(28-3)15(27-2)9-13(14)19(24)25/h4-10H,1-3H3,(H,24,25)(H,21,22,23)/b17-8+. The van der Waals surface area contributed by atoms with Gasteiger partial charge in [-0.25, -0.2) is 9.79 Å². The highest BCUT2D eigenvalue weighted by Gasteiger charge is 2.25. The van der Waals surface area contributed by atoms with Crippen LogP contribution in [0.2, 0.25) is 0 Å². The van der Waals surface area contributed by atoms with Crippen LogP contribution < -0.4 is 19.5 Å². The summed E-state index contributed by atoms with van der Waals surface area (Å²) in [6, 6.07) is 10.0. The fraction of sp³-hybridized carbons (Fsp3) is 0.150. The van der Waals surface area contributed by atoms with Gasteiger partial charge in [-0.2, -0.15) is 0 Å². The molecule has 0 unspecified atom stereocenters. The van der Waals surface area contributed by atoms with E-state index >= 15 is 0 Å². The van der Waals surface area contributed by atoms with Crippen molar-refractivity contribution in [2.45, 2.75) is 0 Å². The van der Waals surface area contributed by atoms with E-state index in [2.05, 4.69) is 10.3 Å². The Morgan fingerprint density at radius 2 is 1.72 bits per heavy atom. The second-order valence-corrected chi connectivity index (χ2v) is 6.82. The summed E-state index contributed by atoms with van der Waals surface area (Å²) in [5.74, 6) is -0.166. The SMILES string of the molecule is COc1ccc(/C=C2/SC(=Nc3cc(OC)c(OC)cc3C(=O)O)NC2=O)cc1.